The van der Waals surface area contributed by atoms with Gasteiger partial charge in [0.1, 0.15) is 0 Å². The van der Waals surface area contributed by atoms with Crippen LogP contribution < -0.4 is 11.0 Å². The number of hydrogen-bond donors (Lipinski definition) is 1. The second-order valence-corrected chi connectivity index (χ2v) is 4.10. The SMILES string of the molecule is C=Pc1cc(-c2ccccc2)ccc1N. The maximum absolute atomic E-state index is 5.83. The minimum Gasteiger partial charge on any atom is -0.398 e. The normalized spacial score (nSPS) is 10.4. The summed E-state index contributed by atoms with van der Waals surface area (Å²) in [4.78, 5) is 0. The largest absolute Gasteiger partial charge is 0.398 e. The fourth-order valence-electron chi connectivity index (χ4n) is 1.49. The summed E-state index contributed by atoms with van der Waals surface area (Å²) in [7, 11) is 0.962. The van der Waals surface area contributed by atoms with Crippen LogP contribution in [0.25, 0.3) is 11.1 Å². The molecular formula is C13H12NP. The fourth-order valence-corrected chi connectivity index (χ4v) is 1.98. The van der Waals surface area contributed by atoms with E-state index in [0.717, 1.165) is 19.2 Å². The Morgan fingerprint density at radius 2 is 1.67 bits per heavy atom. The summed E-state index contributed by atoms with van der Waals surface area (Å²) >= 11 is 0. The lowest BCUT2D eigenvalue weighted by atomic mass is 10.1. The second-order valence-electron chi connectivity index (χ2n) is 3.30. The highest BCUT2D eigenvalue weighted by atomic mass is 31.1. The van der Waals surface area contributed by atoms with Crippen molar-refractivity contribution in [3.63, 3.8) is 0 Å². The average molecular weight is 213 g/mol. The highest BCUT2D eigenvalue weighted by molar-refractivity contribution is 7.46. The van der Waals surface area contributed by atoms with E-state index in [0.29, 0.717) is 0 Å². The second kappa shape index (κ2) is 4.29. The zero-order chi connectivity index (χ0) is 10.7. The van der Waals surface area contributed by atoms with Crippen molar-refractivity contribution in [2.45, 2.75) is 0 Å². The molecule has 15 heavy (non-hydrogen) atoms. The lowest BCUT2D eigenvalue weighted by molar-refractivity contribution is 1.64. The van der Waals surface area contributed by atoms with Gasteiger partial charge in [-0.25, -0.2) is 0 Å². The van der Waals surface area contributed by atoms with Gasteiger partial charge in [0.25, 0.3) is 0 Å². The molecule has 2 rings (SSSR count). The van der Waals surface area contributed by atoms with Crippen LogP contribution in [-0.4, -0.2) is 6.30 Å². The third-order valence-corrected chi connectivity index (χ3v) is 3.04. The number of nitrogen functional groups attached to an aromatic ring is 1. The number of hydrogen-bond acceptors (Lipinski definition) is 1. The maximum Gasteiger partial charge on any atom is 0.0434 e. The molecule has 0 aliphatic carbocycles. The Hall–Kier alpha value is -1.59. The third kappa shape index (κ3) is 2.08. The lowest BCUT2D eigenvalue weighted by Crippen LogP contribution is -2.01. The first-order valence-electron chi connectivity index (χ1n) is 4.73. The minimum atomic E-state index is 0.811. The van der Waals surface area contributed by atoms with Gasteiger partial charge in [0.2, 0.25) is 0 Å². The Kier molecular flexibility index (Phi) is 2.84. The van der Waals surface area contributed by atoms with Gasteiger partial charge in [0.15, 0.2) is 0 Å². The predicted molar refractivity (Wildman–Crippen MR) is 70.0 cm³/mol. The van der Waals surface area contributed by atoms with E-state index in [9.17, 15) is 0 Å². The first-order chi connectivity index (χ1) is 7.31. The van der Waals surface area contributed by atoms with Gasteiger partial charge in [0.05, 0.1) is 0 Å². The van der Waals surface area contributed by atoms with Crippen LogP contribution in [0, 0.1) is 0 Å². The first-order valence-corrected chi connectivity index (χ1v) is 5.81. The molecule has 2 N–H and O–H groups in total. The Morgan fingerprint density at radius 1 is 0.933 bits per heavy atom. The molecule has 0 atom stereocenters. The Morgan fingerprint density at radius 3 is 2.33 bits per heavy atom. The smallest absolute Gasteiger partial charge is 0.0434 e. The lowest BCUT2D eigenvalue weighted by Gasteiger charge is -2.04. The van der Waals surface area contributed by atoms with Crippen molar-refractivity contribution in [2.24, 2.45) is 0 Å². The van der Waals surface area contributed by atoms with Crippen molar-refractivity contribution in [2.75, 3.05) is 5.73 Å². The molecule has 0 saturated carbocycles. The number of rotatable bonds is 2. The van der Waals surface area contributed by atoms with Crippen LogP contribution in [0.15, 0.2) is 48.5 Å². The molecule has 0 amide bonds. The topological polar surface area (TPSA) is 26.0 Å². The van der Waals surface area contributed by atoms with Crippen molar-refractivity contribution in [3.8, 4) is 11.1 Å². The van der Waals surface area contributed by atoms with Crippen molar-refractivity contribution in [1.29, 1.82) is 0 Å². The van der Waals surface area contributed by atoms with Crippen molar-refractivity contribution in [1.82, 2.24) is 0 Å². The highest BCUT2D eigenvalue weighted by Gasteiger charge is 2.00. The molecule has 0 unspecified atom stereocenters. The molecule has 74 valence electrons. The van der Waals surface area contributed by atoms with E-state index in [2.05, 4.69) is 24.5 Å². The molecular weight excluding hydrogens is 201 g/mol. The van der Waals surface area contributed by atoms with Gasteiger partial charge in [-0.15, -0.1) is 0 Å². The molecule has 0 radical (unpaired) electrons. The van der Waals surface area contributed by atoms with Gasteiger partial charge in [-0.1, -0.05) is 50.9 Å². The van der Waals surface area contributed by atoms with Crippen LogP contribution in [0.1, 0.15) is 0 Å². The van der Waals surface area contributed by atoms with E-state index in [1.165, 1.54) is 11.1 Å². The zero-order valence-electron chi connectivity index (χ0n) is 8.35. The van der Waals surface area contributed by atoms with E-state index >= 15 is 0 Å². The van der Waals surface area contributed by atoms with E-state index < -0.39 is 0 Å². The maximum atomic E-state index is 5.83. The van der Waals surface area contributed by atoms with Gasteiger partial charge in [0, 0.05) is 11.0 Å². The molecule has 0 bridgehead atoms. The highest BCUT2D eigenvalue weighted by Crippen LogP contribution is 2.20. The Bertz CT molecular complexity index is 477. The minimum absolute atomic E-state index is 0.811. The molecule has 0 fully saturated rings. The predicted octanol–water partition coefficient (Wildman–Crippen LogP) is 2.94. The van der Waals surface area contributed by atoms with E-state index in [1.807, 2.05) is 30.3 Å². The number of anilines is 1. The molecule has 0 heterocycles. The molecule has 0 aliphatic heterocycles. The van der Waals surface area contributed by atoms with E-state index in [4.69, 9.17) is 5.73 Å². The molecule has 2 aromatic rings. The average Bonchev–Trinajstić information content (AvgIpc) is 2.31. The fraction of sp³-hybridized carbons (Fsp3) is 0. The zero-order valence-corrected chi connectivity index (χ0v) is 9.24. The van der Waals surface area contributed by atoms with Gasteiger partial charge in [-0.2, -0.15) is 0 Å². The summed E-state index contributed by atoms with van der Waals surface area (Å²) < 4.78 is 0. The number of nitrogens with two attached hydrogens (primary N) is 1. The standard InChI is InChI=1S/C13H12NP/c1-15-13-9-11(7-8-12(13)14)10-5-3-2-4-6-10/h2-9H,1,14H2. The molecule has 0 saturated heterocycles. The van der Waals surface area contributed by atoms with Crippen LogP contribution in [0.2, 0.25) is 0 Å². The summed E-state index contributed by atoms with van der Waals surface area (Å²) in [5, 5.41) is 1.08. The van der Waals surface area contributed by atoms with Crippen LogP contribution in [0.5, 0.6) is 0 Å². The summed E-state index contributed by atoms with van der Waals surface area (Å²) in [6, 6.07) is 16.3. The Labute approximate surface area is 91.4 Å². The molecule has 2 heteroatoms. The molecule has 0 aromatic heterocycles. The summed E-state index contributed by atoms with van der Waals surface area (Å²) in [6.45, 7) is 0. The van der Waals surface area contributed by atoms with Crippen LogP contribution in [0.4, 0.5) is 5.69 Å². The summed E-state index contributed by atoms with van der Waals surface area (Å²) in [5.74, 6) is 0. The molecule has 2 aromatic carbocycles. The van der Waals surface area contributed by atoms with Gasteiger partial charge >= 0.3 is 0 Å². The third-order valence-electron chi connectivity index (χ3n) is 2.31. The molecule has 1 nitrogen and oxygen atoms in total. The molecule has 0 aliphatic rings. The summed E-state index contributed by atoms with van der Waals surface area (Å²) in [5.41, 5.74) is 9.04. The van der Waals surface area contributed by atoms with Crippen molar-refractivity contribution in [3.05, 3.63) is 48.5 Å². The first kappa shape index (κ1) is 9.95. The van der Waals surface area contributed by atoms with Crippen molar-refractivity contribution >= 4 is 25.5 Å². The van der Waals surface area contributed by atoms with Crippen LogP contribution in [-0.2, 0) is 0 Å². The van der Waals surface area contributed by atoms with Crippen LogP contribution in [0.3, 0.4) is 0 Å². The van der Waals surface area contributed by atoms with E-state index in [1.54, 1.807) is 0 Å². The monoisotopic (exact) mass is 213 g/mol. The number of benzene rings is 2. The van der Waals surface area contributed by atoms with Crippen LogP contribution >= 0.6 is 8.20 Å². The summed E-state index contributed by atoms with van der Waals surface area (Å²) in [6.07, 6.45) is 3.84. The van der Waals surface area contributed by atoms with E-state index in [-0.39, 0.29) is 0 Å². The van der Waals surface area contributed by atoms with Gasteiger partial charge in [-0.05, 0) is 23.3 Å². The Balaban J connectivity index is 2.51. The van der Waals surface area contributed by atoms with Gasteiger partial charge in [-0.3, -0.25) is 0 Å². The van der Waals surface area contributed by atoms with Gasteiger partial charge < -0.3 is 5.73 Å². The quantitative estimate of drug-likeness (QED) is 0.602. The molecule has 0 spiro atoms. The van der Waals surface area contributed by atoms with Crippen molar-refractivity contribution < 1.29 is 0 Å².